The van der Waals surface area contributed by atoms with E-state index in [2.05, 4.69) is 20.7 Å². The number of hydrogen-bond donors (Lipinski definition) is 2. The molecule has 1 aliphatic rings. The molecule has 3 rings (SSSR count). The van der Waals surface area contributed by atoms with Crippen LogP contribution >= 0.6 is 0 Å². The Morgan fingerprint density at radius 3 is 2.65 bits per heavy atom. The number of amides is 2. The maximum Gasteiger partial charge on any atom is 0.339 e. The van der Waals surface area contributed by atoms with Crippen molar-refractivity contribution in [3.8, 4) is 0 Å². The van der Waals surface area contributed by atoms with Gasteiger partial charge in [0.1, 0.15) is 5.82 Å². The van der Waals surface area contributed by atoms with Crippen molar-refractivity contribution < 1.29 is 9.18 Å². The number of nitrogens with zero attached hydrogens (tertiary/aromatic N) is 2. The second-order valence-electron chi connectivity index (χ2n) is 6.39. The highest BCUT2D eigenvalue weighted by Crippen LogP contribution is 2.21. The van der Waals surface area contributed by atoms with Crippen molar-refractivity contribution in [3.63, 3.8) is 0 Å². The Morgan fingerprint density at radius 1 is 1.15 bits per heavy atom. The van der Waals surface area contributed by atoms with E-state index in [1.165, 1.54) is 18.7 Å². The van der Waals surface area contributed by atoms with Crippen LogP contribution in [0.3, 0.4) is 0 Å². The van der Waals surface area contributed by atoms with Crippen molar-refractivity contribution >= 4 is 23.6 Å². The third-order valence-electron chi connectivity index (χ3n) is 4.47. The van der Waals surface area contributed by atoms with Gasteiger partial charge in [0.25, 0.3) is 0 Å². The molecule has 1 saturated heterocycles. The zero-order valence-electron chi connectivity index (χ0n) is 14.8. The van der Waals surface area contributed by atoms with Crippen LogP contribution in [0, 0.1) is 12.7 Å². The highest BCUT2D eigenvalue weighted by atomic mass is 19.1. The molecule has 1 heterocycles. The molecule has 26 heavy (non-hydrogen) atoms. The van der Waals surface area contributed by atoms with Crippen LogP contribution in [-0.2, 0) is 0 Å². The molecule has 0 radical (unpaired) electrons. The van der Waals surface area contributed by atoms with Gasteiger partial charge < -0.3 is 10.2 Å². The number of carbonyl (C=O) groups is 1. The molecular weight excluding hydrogens is 331 g/mol. The monoisotopic (exact) mass is 354 g/mol. The minimum absolute atomic E-state index is 0.335. The minimum Gasteiger partial charge on any atom is -0.371 e. The molecule has 0 bridgehead atoms. The average molecular weight is 354 g/mol. The number of nitrogens with one attached hydrogen (secondary N) is 2. The molecule has 0 atom stereocenters. The van der Waals surface area contributed by atoms with Gasteiger partial charge in [-0.15, -0.1) is 0 Å². The summed E-state index contributed by atoms with van der Waals surface area (Å²) >= 11 is 0. The summed E-state index contributed by atoms with van der Waals surface area (Å²) in [4.78, 5) is 14.1. The highest BCUT2D eigenvalue weighted by molar-refractivity contribution is 5.91. The Bertz CT molecular complexity index is 800. The summed E-state index contributed by atoms with van der Waals surface area (Å²) in [6.07, 6.45) is 4.84. The molecule has 5 nitrogen and oxygen atoms in total. The predicted molar refractivity (Wildman–Crippen MR) is 103 cm³/mol. The first kappa shape index (κ1) is 17.9. The van der Waals surface area contributed by atoms with E-state index in [1.807, 2.05) is 31.2 Å². The maximum absolute atomic E-state index is 14.3. The summed E-state index contributed by atoms with van der Waals surface area (Å²) in [5, 5.41) is 6.53. The van der Waals surface area contributed by atoms with E-state index in [0.29, 0.717) is 11.3 Å². The predicted octanol–water partition coefficient (Wildman–Crippen LogP) is 4.28. The summed E-state index contributed by atoms with van der Waals surface area (Å²) in [6.45, 7) is 3.83. The number of halogens is 1. The minimum atomic E-state index is -0.471. The molecule has 2 aromatic carbocycles. The zero-order chi connectivity index (χ0) is 18.4. The highest BCUT2D eigenvalue weighted by Gasteiger charge is 2.12. The molecule has 0 spiro atoms. The van der Waals surface area contributed by atoms with E-state index >= 15 is 0 Å². The molecule has 136 valence electrons. The van der Waals surface area contributed by atoms with Crippen molar-refractivity contribution in [1.82, 2.24) is 5.43 Å². The Balaban J connectivity index is 1.58. The lowest BCUT2D eigenvalue weighted by molar-refractivity contribution is 0.252. The number of urea groups is 1. The second kappa shape index (κ2) is 8.47. The standard InChI is InChI=1S/C20H23FN4O/c1-15-7-3-4-8-19(15)23-20(26)24-22-14-16-9-10-17(13-18(16)21)25-11-5-2-6-12-25/h3-4,7-10,13-14H,2,5-6,11-12H2,1H3,(H2,23,24,26). The Labute approximate surface area is 152 Å². The van der Waals surface area contributed by atoms with Crippen LogP contribution in [0.1, 0.15) is 30.4 Å². The fourth-order valence-electron chi connectivity index (χ4n) is 2.99. The van der Waals surface area contributed by atoms with Crippen molar-refractivity contribution in [2.24, 2.45) is 5.10 Å². The molecule has 1 aliphatic heterocycles. The topological polar surface area (TPSA) is 56.7 Å². The fourth-order valence-corrected chi connectivity index (χ4v) is 2.99. The number of hydrazone groups is 1. The molecule has 2 amide bonds. The molecule has 2 N–H and O–H groups in total. The van der Waals surface area contributed by atoms with Crippen molar-refractivity contribution in [2.75, 3.05) is 23.3 Å². The van der Waals surface area contributed by atoms with Gasteiger partial charge >= 0.3 is 6.03 Å². The first-order valence-corrected chi connectivity index (χ1v) is 8.84. The van der Waals surface area contributed by atoms with Crippen LogP contribution in [0.4, 0.5) is 20.6 Å². The van der Waals surface area contributed by atoms with Crippen LogP contribution < -0.4 is 15.6 Å². The van der Waals surface area contributed by atoms with Crippen molar-refractivity contribution in [1.29, 1.82) is 0 Å². The summed E-state index contributed by atoms with van der Waals surface area (Å²) in [5.74, 6) is -0.349. The van der Waals surface area contributed by atoms with Crippen LogP contribution in [-0.4, -0.2) is 25.3 Å². The van der Waals surface area contributed by atoms with E-state index in [9.17, 15) is 9.18 Å². The number of hydrogen-bond acceptors (Lipinski definition) is 3. The third kappa shape index (κ3) is 4.59. The lowest BCUT2D eigenvalue weighted by Gasteiger charge is -2.28. The van der Waals surface area contributed by atoms with Crippen LogP contribution in [0.2, 0.25) is 0 Å². The van der Waals surface area contributed by atoms with Gasteiger partial charge in [-0.3, -0.25) is 0 Å². The van der Waals surface area contributed by atoms with Gasteiger partial charge in [-0.1, -0.05) is 18.2 Å². The smallest absolute Gasteiger partial charge is 0.339 e. The Morgan fingerprint density at radius 2 is 1.92 bits per heavy atom. The van der Waals surface area contributed by atoms with Gasteiger partial charge in [-0.25, -0.2) is 14.6 Å². The number of piperidine rings is 1. The molecule has 6 heteroatoms. The number of para-hydroxylation sites is 1. The van der Waals surface area contributed by atoms with Crippen LogP contribution in [0.25, 0.3) is 0 Å². The number of anilines is 2. The lowest BCUT2D eigenvalue weighted by Crippen LogP contribution is -2.29. The lowest BCUT2D eigenvalue weighted by atomic mass is 10.1. The molecular formula is C20H23FN4O. The molecule has 0 aromatic heterocycles. The normalized spacial score (nSPS) is 14.5. The summed E-state index contributed by atoms with van der Waals surface area (Å²) in [7, 11) is 0. The van der Waals surface area contributed by atoms with E-state index in [0.717, 1.165) is 37.2 Å². The Kier molecular flexibility index (Phi) is 5.84. The first-order valence-electron chi connectivity index (χ1n) is 8.84. The van der Waals surface area contributed by atoms with E-state index < -0.39 is 6.03 Å². The molecule has 1 fully saturated rings. The number of rotatable bonds is 4. The summed E-state index contributed by atoms with van der Waals surface area (Å²) in [5.41, 5.74) is 5.24. The quantitative estimate of drug-likeness (QED) is 0.636. The fraction of sp³-hybridized carbons (Fsp3) is 0.300. The molecule has 0 unspecified atom stereocenters. The number of carbonyl (C=O) groups excluding carboxylic acids is 1. The average Bonchev–Trinajstić information content (AvgIpc) is 2.65. The van der Waals surface area contributed by atoms with E-state index in [4.69, 9.17) is 0 Å². The van der Waals surface area contributed by atoms with Crippen molar-refractivity contribution in [3.05, 3.63) is 59.4 Å². The first-order chi connectivity index (χ1) is 12.6. The van der Waals surface area contributed by atoms with Gasteiger partial charge in [-0.2, -0.15) is 5.10 Å². The van der Waals surface area contributed by atoms with Gasteiger partial charge in [0.15, 0.2) is 0 Å². The summed E-state index contributed by atoms with van der Waals surface area (Å²) < 4.78 is 14.3. The zero-order valence-corrected chi connectivity index (χ0v) is 14.8. The van der Waals surface area contributed by atoms with Gasteiger partial charge in [0.05, 0.1) is 6.21 Å². The second-order valence-corrected chi connectivity index (χ2v) is 6.39. The van der Waals surface area contributed by atoms with E-state index in [1.54, 1.807) is 12.1 Å². The molecule has 0 aliphatic carbocycles. The summed E-state index contributed by atoms with van der Waals surface area (Å²) in [6, 6.07) is 12.1. The maximum atomic E-state index is 14.3. The van der Waals surface area contributed by atoms with Gasteiger partial charge in [0.2, 0.25) is 0 Å². The SMILES string of the molecule is Cc1ccccc1NC(=O)NN=Cc1ccc(N2CCCCC2)cc1F. The molecule has 0 saturated carbocycles. The number of benzene rings is 2. The van der Waals surface area contributed by atoms with Crippen molar-refractivity contribution in [2.45, 2.75) is 26.2 Å². The molecule has 2 aromatic rings. The van der Waals surface area contributed by atoms with Crippen LogP contribution in [0.5, 0.6) is 0 Å². The van der Waals surface area contributed by atoms with E-state index in [-0.39, 0.29) is 5.82 Å². The largest absolute Gasteiger partial charge is 0.371 e. The van der Waals surface area contributed by atoms with Gasteiger partial charge in [-0.05, 0) is 56.0 Å². The Hall–Kier alpha value is -2.89. The number of aryl methyl sites for hydroxylation is 1. The third-order valence-corrected chi connectivity index (χ3v) is 4.47. The van der Waals surface area contributed by atoms with Gasteiger partial charge in [0, 0.05) is 30.0 Å². The van der Waals surface area contributed by atoms with Crippen LogP contribution in [0.15, 0.2) is 47.6 Å².